The van der Waals surface area contributed by atoms with Crippen molar-refractivity contribution in [2.75, 3.05) is 6.26 Å². The number of thioether (sulfide) groups is 1. The van der Waals surface area contributed by atoms with Gasteiger partial charge in [0.05, 0.1) is 0 Å². The van der Waals surface area contributed by atoms with E-state index in [0.29, 0.717) is 0 Å². The Bertz CT molecular complexity index is 242. The number of thiocarbonyl (C=S) groups is 1. The first kappa shape index (κ1) is 7.75. The lowest BCUT2D eigenvalue weighted by Crippen LogP contribution is -2.04. The van der Waals surface area contributed by atoms with Crippen LogP contribution in [-0.2, 0) is 0 Å². The van der Waals surface area contributed by atoms with Crippen LogP contribution in [0.25, 0.3) is 0 Å². The Labute approximate surface area is 69.6 Å². The highest BCUT2D eigenvalue weighted by Gasteiger charge is 1.99. The fourth-order valence-corrected chi connectivity index (χ4v) is 1.25. The second kappa shape index (κ2) is 3.16. The quantitative estimate of drug-likeness (QED) is 0.555. The molecule has 1 aromatic heterocycles. The van der Waals surface area contributed by atoms with Gasteiger partial charge in [-0.2, -0.15) is 0 Å². The van der Waals surface area contributed by atoms with Crippen LogP contribution < -0.4 is 0 Å². The molecule has 4 heteroatoms. The molecule has 0 saturated carbocycles. The van der Waals surface area contributed by atoms with Gasteiger partial charge in [-0.25, -0.2) is 4.98 Å². The van der Waals surface area contributed by atoms with Crippen LogP contribution in [0.1, 0.15) is 5.82 Å². The molecule has 0 radical (unpaired) electrons. The van der Waals surface area contributed by atoms with E-state index in [1.54, 1.807) is 18.0 Å². The smallest absolute Gasteiger partial charge is 0.145 e. The maximum absolute atomic E-state index is 5.05. The number of aromatic nitrogens is 2. The van der Waals surface area contributed by atoms with Gasteiger partial charge in [-0.1, -0.05) is 24.0 Å². The molecule has 1 aromatic rings. The van der Waals surface area contributed by atoms with Crippen LogP contribution in [0.2, 0.25) is 0 Å². The number of hydrogen-bond acceptors (Lipinski definition) is 3. The number of rotatable bonds is 0. The van der Waals surface area contributed by atoms with Crippen molar-refractivity contribution in [2.45, 2.75) is 6.92 Å². The molecule has 0 saturated heterocycles. The molecule has 0 fully saturated rings. The van der Waals surface area contributed by atoms with Gasteiger partial charge in [0.2, 0.25) is 0 Å². The van der Waals surface area contributed by atoms with Gasteiger partial charge in [0, 0.05) is 12.4 Å². The van der Waals surface area contributed by atoms with Gasteiger partial charge >= 0.3 is 0 Å². The first-order valence-corrected chi connectivity index (χ1v) is 4.47. The highest BCUT2D eigenvalue weighted by molar-refractivity contribution is 8.22. The zero-order chi connectivity index (χ0) is 7.56. The molecule has 2 nitrogen and oxygen atoms in total. The highest BCUT2D eigenvalue weighted by Crippen LogP contribution is 2.04. The first-order valence-electron chi connectivity index (χ1n) is 2.84. The number of aryl methyl sites for hydroxylation is 1. The van der Waals surface area contributed by atoms with Gasteiger partial charge < -0.3 is 0 Å². The van der Waals surface area contributed by atoms with Gasteiger partial charge in [-0.3, -0.25) is 4.57 Å². The SMILES string of the molecule is CSC(=S)n1ccnc1C. The lowest BCUT2D eigenvalue weighted by Gasteiger charge is -2.00. The van der Waals surface area contributed by atoms with E-state index < -0.39 is 0 Å². The maximum Gasteiger partial charge on any atom is 0.145 e. The first-order chi connectivity index (χ1) is 4.75. The van der Waals surface area contributed by atoms with E-state index in [1.165, 1.54) is 0 Å². The van der Waals surface area contributed by atoms with E-state index in [1.807, 2.05) is 23.9 Å². The molecule has 0 unspecified atom stereocenters. The number of nitrogens with zero attached hydrogens (tertiary/aromatic N) is 2. The highest BCUT2D eigenvalue weighted by atomic mass is 32.2. The summed E-state index contributed by atoms with van der Waals surface area (Å²) in [4.78, 5) is 4.05. The van der Waals surface area contributed by atoms with Crippen molar-refractivity contribution in [3.63, 3.8) is 0 Å². The molecule has 10 heavy (non-hydrogen) atoms. The minimum Gasteiger partial charge on any atom is -0.289 e. The second-order valence-electron chi connectivity index (χ2n) is 1.81. The van der Waals surface area contributed by atoms with Crippen molar-refractivity contribution in [2.24, 2.45) is 0 Å². The fourth-order valence-electron chi connectivity index (χ4n) is 0.669. The lowest BCUT2D eigenvalue weighted by atomic mass is 10.7. The summed E-state index contributed by atoms with van der Waals surface area (Å²) in [6, 6.07) is 0. The monoisotopic (exact) mass is 172 g/mol. The van der Waals surface area contributed by atoms with E-state index in [2.05, 4.69) is 4.98 Å². The Hall–Kier alpha value is -0.350. The molecule has 0 aliphatic carbocycles. The van der Waals surface area contributed by atoms with E-state index in [4.69, 9.17) is 12.2 Å². The second-order valence-corrected chi connectivity index (χ2v) is 3.25. The van der Waals surface area contributed by atoms with Crippen LogP contribution >= 0.6 is 24.0 Å². The van der Waals surface area contributed by atoms with Crippen molar-refractivity contribution < 1.29 is 0 Å². The maximum atomic E-state index is 5.05. The molecule has 0 aromatic carbocycles. The normalized spacial score (nSPS) is 9.80. The molecular formula is C6H8N2S2. The summed E-state index contributed by atoms with van der Waals surface area (Å²) in [7, 11) is 0. The molecule has 0 spiro atoms. The van der Waals surface area contributed by atoms with Crippen LogP contribution in [0.15, 0.2) is 12.4 Å². The van der Waals surface area contributed by atoms with Gasteiger partial charge in [0.15, 0.2) is 0 Å². The Morgan fingerprint density at radius 1 is 1.80 bits per heavy atom. The van der Waals surface area contributed by atoms with Gasteiger partial charge in [-0.05, 0) is 13.2 Å². The molecule has 0 aliphatic heterocycles. The summed E-state index contributed by atoms with van der Waals surface area (Å²) in [5, 5.41) is 0. The largest absolute Gasteiger partial charge is 0.289 e. The predicted octanol–water partition coefficient (Wildman–Crippen LogP) is 1.69. The molecule has 1 heterocycles. The summed E-state index contributed by atoms with van der Waals surface area (Å²) in [5.41, 5.74) is 0. The molecule has 0 bridgehead atoms. The predicted molar refractivity (Wildman–Crippen MR) is 48.5 cm³/mol. The average Bonchev–Trinajstić information content (AvgIpc) is 2.34. The van der Waals surface area contributed by atoms with Crippen molar-refractivity contribution in [3.05, 3.63) is 18.2 Å². The van der Waals surface area contributed by atoms with Crippen molar-refractivity contribution in [1.82, 2.24) is 9.55 Å². The molecule has 0 aliphatic rings. The summed E-state index contributed by atoms with van der Waals surface area (Å²) >= 11 is 6.60. The molecule has 0 N–H and O–H groups in total. The molecule has 1 rings (SSSR count). The lowest BCUT2D eigenvalue weighted by molar-refractivity contribution is 1.06. The standard InChI is InChI=1S/C6H8N2S2/c1-5-7-3-4-8(5)6(9)10-2/h3-4H,1-2H3. The van der Waals surface area contributed by atoms with Crippen LogP contribution in [0, 0.1) is 6.92 Å². The Morgan fingerprint density at radius 3 is 2.90 bits per heavy atom. The Morgan fingerprint density at radius 2 is 2.50 bits per heavy atom. The van der Waals surface area contributed by atoms with Gasteiger partial charge in [0.1, 0.15) is 10.1 Å². The Balaban J connectivity index is 2.93. The van der Waals surface area contributed by atoms with Crippen LogP contribution in [-0.4, -0.2) is 20.1 Å². The van der Waals surface area contributed by atoms with E-state index in [0.717, 1.165) is 10.1 Å². The summed E-state index contributed by atoms with van der Waals surface area (Å²) in [6.45, 7) is 1.93. The van der Waals surface area contributed by atoms with E-state index in [-0.39, 0.29) is 0 Å². The van der Waals surface area contributed by atoms with Crippen LogP contribution in [0.4, 0.5) is 0 Å². The van der Waals surface area contributed by atoms with E-state index >= 15 is 0 Å². The summed E-state index contributed by atoms with van der Waals surface area (Å²) < 4.78 is 2.73. The third kappa shape index (κ3) is 1.38. The fraction of sp³-hybridized carbons (Fsp3) is 0.333. The van der Waals surface area contributed by atoms with Gasteiger partial charge in [0.25, 0.3) is 0 Å². The van der Waals surface area contributed by atoms with Crippen LogP contribution in [0.5, 0.6) is 0 Å². The topological polar surface area (TPSA) is 17.8 Å². The molecule has 0 atom stereocenters. The van der Waals surface area contributed by atoms with Gasteiger partial charge in [-0.15, -0.1) is 0 Å². The number of imidazole rings is 1. The number of hydrogen-bond donors (Lipinski definition) is 0. The van der Waals surface area contributed by atoms with Crippen molar-refractivity contribution in [1.29, 1.82) is 0 Å². The van der Waals surface area contributed by atoms with Crippen molar-refractivity contribution >= 4 is 28.3 Å². The average molecular weight is 172 g/mol. The molecular weight excluding hydrogens is 164 g/mol. The summed E-state index contributed by atoms with van der Waals surface area (Å²) in [5.74, 6) is 0.944. The Kier molecular flexibility index (Phi) is 2.45. The zero-order valence-corrected chi connectivity index (χ0v) is 7.50. The molecule has 0 amide bonds. The third-order valence-corrected chi connectivity index (χ3v) is 2.44. The minimum absolute atomic E-state index is 0.843. The third-order valence-electron chi connectivity index (χ3n) is 1.20. The summed E-state index contributed by atoms with van der Waals surface area (Å²) in [6.07, 6.45) is 5.58. The van der Waals surface area contributed by atoms with Crippen molar-refractivity contribution in [3.8, 4) is 0 Å². The van der Waals surface area contributed by atoms with Crippen LogP contribution in [0.3, 0.4) is 0 Å². The van der Waals surface area contributed by atoms with E-state index in [9.17, 15) is 0 Å². The zero-order valence-electron chi connectivity index (χ0n) is 5.87. The minimum atomic E-state index is 0.843. The molecule has 54 valence electrons.